The third-order valence-corrected chi connectivity index (χ3v) is 3.20. The van der Waals surface area contributed by atoms with Gasteiger partial charge in [0.05, 0.1) is 0 Å². The smallest absolute Gasteiger partial charge is 0.150 e. The largest absolute Gasteiger partial charge is 0.345 e. The van der Waals surface area contributed by atoms with Crippen LogP contribution >= 0.6 is 0 Å². The number of rotatable bonds is 3. The van der Waals surface area contributed by atoms with Gasteiger partial charge in [-0.15, -0.1) is 0 Å². The number of carbonyl (C=O) groups is 1. The van der Waals surface area contributed by atoms with Gasteiger partial charge in [-0.05, 0) is 43.5 Å². The van der Waals surface area contributed by atoms with Crippen molar-refractivity contribution in [1.82, 2.24) is 4.57 Å². The van der Waals surface area contributed by atoms with Crippen molar-refractivity contribution in [2.45, 2.75) is 39.7 Å². The molecule has 1 aromatic heterocycles. The first-order valence-electron chi connectivity index (χ1n) is 6.14. The fourth-order valence-corrected chi connectivity index (χ4v) is 2.26. The molecule has 0 amide bonds. The first kappa shape index (κ1) is 11.9. The molecular weight excluding hydrogens is 210 g/mol. The van der Waals surface area contributed by atoms with E-state index in [1.165, 1.54) is 16.5 Å². The van der Waals surface area contributed by atoms with Gasteiger partial charge in [0.15, 0.2) is 0 Å². The third-order valence-electron chi connectivity index (χ3n) is 3.20. The van der Waals surface area contributed by atoms with Crippen LogP contribution in [0.4, 0.5) is 0 Å². The normalized spacial score (nSPS) is 11.6. The Morgan fingerprint density at radius 1 is 1.18 bits per heavy atom. The molecule has 2 aromatic rings. The summed E-state index contributed by atoms with van der Waals surface area (Å²) in [6.45, 7) is 8.73. The van der Waals surface area contributed by atoms with Crippen molar-refractivity contribution in [2.75, 3.05) is 0 Å². The Balaban J connectivity index is 2.76. The molecule has 2 heteroatoms. The molecule has 0 radical (unpaired) electrons. The molecule has 0 saturated carbocycles. The zero-order valence-electron chi connectivity index (χ0n) is 10.9. The Labute approximate surface area is 102 Å². The molecule has 1 aromatic carbocycles. The maximum absolute atomic E-state index is 10.9. The molecule has 0 aliphatic rings. The van der Waals surface area contributed by atoms with Crippen LogP contribution in [0.5, 0.6) is 0 Å². The highest BCUT2D eigenvalue weighted by Gasteiger charge is 2.13. The number of carbonyl (C=O) groups excluding carboxylic acids is 1. The quantitative estimate of drug-likeness (QED) is 0.724. The standard InChI is InChI=1S/C15H19NO/c1-10(2)14-8-16(11(3)4)15-6-5-12(9-17)7-13(14)15/h5-11H,1-4H3. The molecule has 0 bridgehead atoms. The third kappa shape index (κ3) is 1.99. The molecule has 2 rings (SSSR count). The summed E-state index contributed by atoms with van der Waals surface area (Å²) in [7, 11) is 0. The maximum Gasteiger partial charge on any atom is 0.150 e. The van der Waals surface area contributed by atoms with Gasteiger partial charge in [-0.25, -0.2) is 0 Å². The van der Waals surface area contributed by atoms with E-state index in [9.17, 15) is 4.79 Å². The summed E-state index contributed by atoms with van der Waals surface area (Å²) >= 11 is 0. The molecule has 0 N–H and O–H groups in total. The number of hydrogen-bond acceptors (Lipinski definition) is 1. The molecule has 0 spiro atoms. The lowest BCUT2D eigenvalue weighted by Crippen LogP contribution is -1.98. The topological polar surface area (TPSA) is 22.0 Å². The Kier molecular flexibility index (Phi) is 3.05. The average molecular weight is 229 g/mol. The van der Waals surface area contributed by atoms with Gasteiger partial charge in [0.1, 0.15) is 6.29 Å². The molecule has 0 saturated heterocycles. The molecule has 0 aliphatic carbocycles. The average Bonchev–Trinajstić information content (AvgIpc) is 2.67. The van der Waals surface area contributed by atoms with Gasteiger partial charge in [0, 0.05) is 28.7 Å². The summed E-state index contributed by atoms with van der Waals surface area (Å²) < 4.78 is 2.28. The van der Waals surface area contributed by atoms with Gasteiger partial charge in [0.2, 0.25) is 0 Å². The van der Waals surface area contributed by atoms with Crippen LogP contribution in [0.1, 0.15) is 55.6 Å². The second-order valence-electron chi connectivity index (χ2n) is 5.13. The molecule has 2 nitrogen and oxygen atoms in total. The summed E-state index contributed by atoms with van der Waals surface area (Å²) in [5, 5.41) is 1.21. The molecule has 90 valence electrons. The van der Waals surface area contributed by atoms with E-state index in [1.54, 1.807) is 0 Å². The van der Waals surface area contributed by atoms with Crippen LogP contribution in [0.3, 0.4) is 0 Å². The Hall–Kier alpha value is -1.57. The van der Waals surface area contributed by atoms with Gasteiger partial charge in [-0.1, -0.05) is 13.8 Å². The van der Waals surface area contributed by atoms with E-state index in [4.69, 9.17) is 0 Å². The first-order chi connectivity index (χ1) is 8.04. The SMILES string of the molecule is CC(C)c1cn(C(C)C)c2ccc(C=O)cc12. The predicted octanol–water partition coefficient (Wildman–Crippen LogP) is 4.16. The zero-order valence-corrected chi connectivity index (χ0v) is 10.9. The van der Waals surface area contributed by atoms with Gasteiger partial charge < -0.3 is 4.57 Å². The summed E-state index contributed by atoms with van der Waals surface area (Å²) in [6.07, 6.45) is 3.13. The summed E-state index contributed by atoms with van der Waals surface area (Å²) in [4.78, 5) is 10.9. The minimum Gasteiger partial charge on any atom is -0.345 e. The van der Waals surface area contributed by atoms with Gasteiger partial charge in [-0.2, -0.15) is 0 Å². The Morgan fingerprint density at radius 3 is 2.41 bits per heavy atom. The fourth-order valence-electron chi connectivity index (χ4n) is 2.26. The minimum atomic E-state index is 0.437. The van der Waals surface area contributed by atoms with Crippen molar-refractivity contribution >= 4 is 17.2 Å². The van der Waals surface area contributed by atoms with Crippen molar-refractivity contribution in [3.63, 3.8) is 0 Å². The molecule has 17 heavy (non-hydrogen) atoms. The van der Waals surface area contributed by atoms with Crippen LogP contribution in [-0.2, 0) is 0 Å². The van der Waals surface area contributed by atoms with Crippen LogP contribution in [-0.4, -0.2) is 10.9 Å². The summed E-state index contributed by atoms with van der Waals surface area (Å²) in [5.41, 5.74) is 3.28. The summed E-state index contributed by atoms with van der Waals surface area (Å²) in [6, 6.07) is 6.37. The van der Waals surface area contributed by atoms with Gasteiger partial charge in [0.25, 0.3) is 0 Å². The van der Waals surface area contributed by atoms with Gasteiger partial charge in [-0.3, -0.25) is 4.79 Å². The molecule has 0 unspecified atom stereocenters. The van der Waals surface area contributed by atoms with E-state index in [0.717, 1.165) is 11.8 Å². The first-order valence-corrected chi connectivity index (χ1v) is 6.14. The highest BCUT2D eigenvalue weighted by atomic mass is 16.1. The van der Waals surface area contributed by atoms with E-state index in [2.05, 4.69) is 38.5 Å². The number of fused-ring (bicyclic) bond motifs is 1. The van der Waals surface area contributed by atoms with Crippen molar-refractivity contribution in [2.24, 2.45) is 0 Å². The number of aldehydes is 1. The van der Waals surface area contributed by atoms with Crippen molar-refractivity contribution in [3.8, 4) is 0 Å². The zero-order chi connectivity index (χ0) is 12.6. The highest BCUT2D eigenvalue weighted by molar-refractivity contribution is 5.90. The molecular formula is C15H19NO. The minimum absolute atomic E-state index is 0.437. The number of benzene rings is 1. The Bertz CT molecular complexity index is 549. The lowest BCUT2D eigenvalue weighted by molar-refractivity contribution is 0.112. The van der Waals surface area contributed by atoms with E-state index in [1.807, 2.05) is 18.2 Å². The number of nitrogens with zero attached hydrogens (tertiary/aromatic N) is 1. The lowest BCUT2D eigenvalue weighted by Gasteiger charge is -2.08. The van der Waals surface area contributed by atoms with Crippen LogP contribution in [0.15, 0.2) is 24.4 Å². The Morgan fingerprint density at radius 2 is 1.88 bits per heavy atom. The van der Waals surface area contributed by atoms with Crippen molar-refractivity contribution in [1.29, 1.82) is 0 Å². The monoisotopic (exact) mass is 229 g/mol. The highest BCUT2D eigenvalue weighted by Crippen LogP contribution is 2.30. The van der Waals surface area contributed by atoms with E-state index in [0.29, 0.717) is 12.0 Å². The number of hydrogen-bond donors (Lipinski definition) is 0. The van der Waals surface area contributed by atoms with Crippen LogP contribution in [0.2, 0.25) is 0 Å². The molecule has 1 heterocycles. The fraction of sp³-hybridized carbons (Fsp3) is 0.400. The second kappa shape index (κ2) is 4.36. The van der Waals surface area contributed by atoms with Crippen LogP contribution < -0.4 is 0 Å². The number of aromatic nitrogens is 1. The lowest BCUT2D eigenvalue weighted by atomic mass is 10.0. The second-order valence-corrected chi connectivity index (χ2v) is 5.13. The van der Waals surface area contributed by atoms with E-state index < -0.39 is 0 Å². The molecule has 0 fully saturated rings. The maximum atomic E-state index is 10.9. The van der Waals surface area contributed by atoms with Crippen LogP contribution in [0, 0.1) is 0 Å². The van der Waals surface area contributed by atoms with Gasteiger partial charge >= 0.3 is 0 Å². The van der Waals surface area contributed by atoms with Crippen LogP contribution in [0.25, 0.3) is 10.9 Å². The molecule has 0 atom stereocenters. The van der Waals surface area contributed by atoms with Crippen molar-refractivity contribution in [3.05, 3.63) is 35.5 Å². The van der Waals surface area contributed by atoms with E-state index in [-0.39, 0.29) is 0 Å². The molecule has 0 aliphatic heterocycles. The summed E-state index contributed by atoms with van der Waals surface area (Å²) in [5.74, 6) is 0.472. The predicted molar refractivity (Wildman–Crippen MR) is 71.8 cm³/mol. The van der Waals surface area contributed by atoms with E-state index >= 15 is 0 Å². The van der Waals surface area contributed by atoms with Crippen molar-refractivity contribution < 1.29 is 4.79 Å².